The first-order valence-corrected chi connectivity index (χ1v) is 6.98. The third-order valence-corrected chi connectivity index (χ3v) is 4.27. The predicted molar refractivity (Wildman–Crippen MR) is 80.8 cm³/mol. The summed E-state index contributed by atoms with van der Waals surface area (Å²) in [6.45, 7) is 0. The van der Waals surface area contributed by atoms with Crippen LogP contribution in [0.5, 0.6) is 0 Å². The van der Waals surface area contributed by atoms with Crippen molar-refractivity contribution in [2.45, 2.75) is 18.8 Å². The molecule has 1 aromatic rings. The van der Waals surface area contributed by atoms with Gasteiger partial charge in [0.25, 0.3) is 0 Å². The van der Waals surface area contributed by atoms with E-state index in [0.29, 0.717) is 5.92 Å². The van der Waals surface area contributed by atoms with Crippen LogP contribution in [0.25, 0.3) is 5.57 Å². The van der Waals surface area contributed by atoms with Crippen LogP contribution in [0, 0.1) is 0 Å². The van der Waals surface area contributed by atoms with Gasteiger partial charge in [-0.15, -0.1) is 0 Å². The highest BCUT2D eigenvalue weighted by atomic mass is 14.3. The fourth-order valence-electron chi connectivity index (χ4n) is 3.45. The molecule has 0 saturated heterocycles. The van der Waals surface area contributed by atoms with Gasteiger partial charge in [-0.05, 0) is 40.7 Å². The predicted octanol–water partition coefficient (Wildman–Crippen LogP) is 4.94. The van der Waals surface area contributed by atoms with E-state index in [-0.39, 0.29) is 0 Å². The Labute approximate surface area is 114 Å². The fraction of sp³-hybridized carbons (Fsp3) is 0.158. The molecule has 0 fully saturated rings. The third-order valence-electron chi connectivity index (χ3n) is 4.27. The van der Waals surface area contributed by atoms with Gasteiger partial charge < -0.3 is 0 Å². The Morgan fingerprint density at radius 1 is 0.947 bits per heavy atom. The SMILES string of the molecule is C1=CCC2C3=C(/C=C\C=C/C=C3C1)c1ccccc12. The van der Waals surface area contributed by atoms with Crippen LogP contribution in [0.1, 0.15) is 29.9 Å². The zero-order valence-electron chi connectivity index (χ0n) is 10.8. The van der Waals surface area contributed by atoms with Crippen LogP contribution >= 0.6 is 0 Å². The summed E-state index contributed by atoms with van der Waals surface area (Å²) in [5, 5.41) is 0. The molecule has 0 aromatic heterocycles. The van der Waals surface area contributed by atoms with Crippen LogP contribution < -0.4 is 0 Å². The highest BCUT2D eigenvalue weighted by Gasteiger charge is 2.31. The largest absolute Gasteiger partial charge is 0.0873 e. The van der Waals surface area contributed by atoms with Crippen molar-refractivity contribution in [3.05, 3.63) is 89.1 Å². The zero-order chi connectivity index (χ0) is 12.7. The van der Waals surface area contributed by atoms with Crippen molar-refractivity contribution < 1.29 is 0 Å². The van der Waals surface area contributed by atoms with Gasteiger partial charge in [0.1, 0.15) is 0 Å². The van der Waals surface area contributed by atoms with Gasteiger partial charge in [-0.2, -0.15) is 0 Å². The Kier molecular flexibility index (Phi) is 2.41. The minimum atomic E-state index is 0.548. The van der Waals surface area contributed by atoms with Gasteiger partial charge in [0.05, 0.1) is 0 Å². The number of fused-ring (bicyclic) bond motifs is 3. The summed E-state index contributed by atoms with van der Waals surface area (Å²) in [5.74, 6) is 0.548. The van der Waals surface area contributed by atoms with Crippen molar-refractivity contribution in [1.29, 1.82) is 0 Å². The Morgan fingerprint density at radius 2 is 1.89 bits per heavy atom. The maximum Gasteiger partial charge on any atom is 0.0139 e. The molecule has 0 heterocycles. The molecule has 0 heteroatoms. The Morgan fingerprint density at radius 3 is 2.89 bits per heavy atom. The monoisotopic (exact) mass is 244 g/mol. The summed E-state index contributed by atoms with van der Waals surface area (Å²) in [6.07, 6.45) is 17.9. The summed E-state index contributed by atoms with van der Waals surface area (Å²) in [5.41, 5.74) is 7.38. The van der Waals surface area contributed by atoms with E-state index in [2.05, 4.69) is 66.8 Å². The molecular weight excluding hydrogens is 228 g/mol. The van der Waals surface area contributed by atoms with Gasteiger partial charge in [-0.3, -0.25) is 0 Å². The van der Waals surface area contributed by atoms with E-state index < -0.39 is 0 Å². The molecule has 19 heavy (non-hydrogen) atoms. The van der Waals surface area contributed by atoms with Crippen LogP contribution in [0.2, 0.25) is 0 Å². The molecule has 0 radical (unpaired) electrons. The second-order valence-electron chi connectivity index (χ2n) is 5.31. The number of benzene rings is 1. The maximum absolute atomic E-state index is 2.34. The topological polar surface area (TPSA) is 0 Å². The second-order valence-corrected chi connectivity index (χ2v) is 5.31. The molecule has 0 bridgehead atoms. The van der Waals surface area contributed by atoms with Gasteiger partial charge >= 0.3 is 0 Å². The Balaban J connectivity index is 2.01. The van der Waals surface area contributed by atoms with E-state index in [1.165, 1.54) is 22.3 Å². The fourth-order valence-corrected chi connectivity index (χ4v) is 3.45. The molecule has 0 saturated carbocycles. The lowest BCUT2D eigenvalue weighted by Crippen LogP contribution is -1.99. The maximum atomic E-state index is 2.34. The van der Waals surface area contributed by atoms with E-state index in [1.807, 2.05) is 0 Å². The van der Waals surface area contributed by atoms with Crippen molar-refractivity contribution in [1.82, 2.24) is 0 Å². The van der Waals surface area contributed by atoms with Gasteiger partial charge in [0, 0.05) is 5.92 Å². The zero-order valence-corrected chi connectivity index (χ0v) is 10.8. The molecule has 0 amide bonds. The van der Waals surface area contributed by atoms with E-state index in [1.54, 1.807) is 5.57 Å². The minimum Gasteiger partial charge on any atom is -0.0873 e. The number of allylic oxidation sites excluding steroid dienone is 10. The molecule has 1 atom stereocenters. The number of hydrogen-bond acceptors (Lipinski definition) is 0. The van der Waals surface area contributed by atoms with Gasteiger partial charge in [-0.1, -0.05) is 66.8 Å². The lowest BCUT2D eigenvalue weighted by atomic mass is 9.88. The lowest BCUT2D eigenvalue weighted by Gasteiger charge is -2.15. The highest BCUT2D eigenvalue weighted by molar-refractivity contribution is 5.88. The summed E-state index contributed by atoms with van der Waals surface area (Å²) in [7, 11) is 0. The average Bonchev–Trinajstić information content (AvgIpc) is 2.58. The molecule has 3 aliphatic rings. The van der Waals surface area contributed by atoms with E-state index in [0.717, 1.165) is 12.8 Å². The first-order valence-electron chi connectivity index (χ1n) is 6.98. The van der Waals surface area contributed by atoms with Crippen molar-refractivity contribution in [2.75, 3.05) is 0 Å². The minimum absolute atomic E-state index is 0.548. The summed E-state index contributed by atoms with van der Waals surface area (Å²) in [6, 6.07) is 8.88. The molecule has 0 spiro atoms. The summed E-state index contributed by atoms with van der Waals surface area (Å²) in [4.78, 5) is 0. The number of hydrogen-bond donors (Lipinski definition) is 0. The van der Waals surface area contributed by atoms with Crippen LogP contribution in [0.3, 0.4) is 0 Å². The molecule has 4 rings (SSSR count). The number of rotatable bonds is 0. The first kappa shape index (κ1) is 10.8. The van der Waals surface area contributed by atoms with E-state index in [9.17, 15) is 0 Å². The first-order chi connectivity index (χ1) is 9.45. The van der Waals surface area contributed by atoms with Gasteiger partial charge in [0.2, 0.25) is 0 Å². The lowest BCUT2D eigenvalue weighted by molar-refractivity contribution is 0.842. The summed E-state index contributed by atoms with van der Waals surface area (Å²) < 4.78 is 0. The third kappa shape index (κ3) is 1.60. The van der Waals surface area contributed by atoms with Crippen molar-refractivity contribution in [3.8, 4) is 0 Å². The molecule has 1 aromatic carbocycles. The molecule has 0 nitrogen and oxygen atoms in total. The van der Waals surface area contributed by atoms with E-state index in [4.69, 9.17) is 0 Å². The molecule has 0 N–H and O–H groups in total. The molecular formula is C19H16. The Bertz CT molecular complexity index is 678. The van der Waals surface area contributed by atoms with E-state index >= 15 is 0 Å². The van der Waals surface area contributed by atoms with Gasteiger partial charge in [0.15, 0.2) is 0 Å². The Hall–Kier alpha value is -2.08. The molecule has 0 aliphatic heterocycles. The second kappa shape index (κ2) is 4.24. The normalized spacial score (nSPS) is 26.7. The van der Waals surface area contributed by atoms with Crippen LogP contribution in [0.15, 0.2) is 77.9 Å². The molecule has 1 unspecified atom stereocenters. The standard InChI is InChI=1S/C19H16/c1-2-8-14-9-4-5-13-18-16-11-7-6-10-15(16)17(12-3-1)19(14)18/h1-8,10-12,18H,9,13H2/b2-1-,3-1?,8-2?,12-3-,14-8?,17-12?. The summed E-state index contributed by atoms with van der Waals surface area (Å²) >= 11 is 0. The van der Waals surface area contributed by atoms with Crippen molar-refractivity contribution in [3.63, 3.8) is 0 Å². The van der Waals surface area contributed by atoms with Crippen LogP contribution in [-0.2, 0) is 0 Å². The highest BCUT2D eigenvalue weighted by Crippen LogP contribution is 2.49. The van der Waals surface area contributed by atoms with Crippen LogP contribution in [0.4, 0.5) is 0 Å². The molecule has 92 valence electrons. The van der Waals surface area contributed by atoms with Crippen LogP contribution in [-0.4, -0.2) is 0 Å². The van der Waals surface area contributed by atoms with Crippen molar-refractivity contribution in [2.24, 2.45) is 0 Å². The smallest absolute Gasteiger partial charge is 0.0139 e. The average molecular weight is 244 g/mol. The molecule has 3 aliphatic carbocycles. The quantitative estimate of drug-likeness (QED) is 0.567. The van der Waals surface area contributed by atoms with Gasteiger partial charge in [-0.25, -0.2) is 0 Å². The van der Waals surface area contributed by atoms with Crippen molar-refractivity contribution >= 4 is 5.57 Å².